The zero-order chi connectivity index (χ0) is 13.0. The van der Waals surface area contributed by atoms with Crippen molar-refractivity contribution in [3.63, 3.8) is 0 Å². The van der Waals surface area contributed by atoms with Crippen LogP contribution in [0.2, 0.25) is 0 Å². The lowest BCUT2D eigenvalue weighted by molar-refractivity contribution is 0.0766. The van der Waals surface area contributed by atoms with E-state index < -0.39 is 0 Å². The van der Waals surface area contributed by atoms with Gasteiger partial charge < -0.3 is 25.7 Å². The van der Waals surface area contributed by atoms with Crippen molar-refractivity contribution in [2.45, 2.75) is 12.6 Å². The molecule has 0 spiro atoms. The number of amides is 1. The summed E-state index contributed by atoms with van der Waals surface area (Å²) in [6.07, 6.45) is 1.75. The number of carbonyl (C=O) groups is 1. The second-order valence-corrected chi connectivity index (χ2v) is 4.55. The van der Waals surface area contributed by atoms with Gasteiger partial charge >= 0.3 is 0 Å². The standard InChI is InChI=1S/C12H20N4O2/c1-16-7-9(12(13)17)4-11(16)6-14-5-10-8-18-3-2-15-10/h4,7,10,14-15H,2-3,5-6,8H2,1H3,(H2,13,17)/t10-/m0/s1. The number of hydrogen-bond acceptors (Lipinski definition) is 4. The summed E-state index contributed by atoms with van der Waals surface area (Å²) in [4.78, 5) is 11.0. The molecule has 100 valence electrons. The Bertz CT molecular complexity index is 410. The summed E-state index contributed by atoms with van der Waals surface area (Å²) in [6.45, 7) is 3.99. The normalized spacial score (nSPS) is 19.9. The van der Waals surface area contributed by atoms with E-state index in [2.05, 4.69) is 10.6 Å². The van der Waals surface area contributed by atoms with Crippen LogP contribution < -0.4 is 16.4 Å². The molecule has 2 rings (SSSR count). The van der Waals surface area contributed by atoms with Crippen molar-refractivity contribution in [2.75, 3.05) is 26.3 Å². The Kier molecular flexibility index (Phi) is 4.35. The van der Waals surface area contributed by atoms with Gasteiger partial charge in [-0.05, 0) is 6.07 Å². The predicted octanol–water partition coefficient (Wildman–Crippen LogP) is -0.798. The predicted molar refractivity (Wildman–Crippen MR) is 68.2 cm³/mol. The molecule has 0 unspecified atom stereocenters. The lowest BCUT2D eigenvalue weighted by Crippen LogP contribution is -2.47. The van der Waals surface area contributed by atoms with Gasteiger partial charge in [0.2, 0.25) is 5.91 Å². The fraction of sp³-hybridized carbons (Fsp3) is 0.583. The van der Waals surface area contributed by atoms with E-state index in [-0.39, 0.29) is 5.91 Å². The van der Waals surface area contributed by atoms with Crippen LogP contribution in [0.4, 0.5) is 0 Å². The molecule has 4 N–H and O–H groups in total. The third-order valence-electron chi connectivity index (χ3n) is 3.09. The molecule has 1 saturated heterocycles. The number of ether oxygens (including phenoxy) is 1. The third kappa shape index (κ3) is 3.32. The van der Waals surface area contributed by atoms with E-state index in [1.807, 2.05) is 17.7 Å². The number of primary amides is 1. The molecule has 0 aliphatic carbocycles. The number of nitrogens with two attached hydrogens (primary N) is 1. The van der Waals surface area contributed by atoms with Gasteiger partial charge in [-0.25, -0.2) is 0 Å². The highest BCUT2D eigenvalue weighted by Gasteiger charge is 2.12. The Morgan fingerprint density at radius 2 is 2.56 bits per heavy atom. The SMILES string of the molecule is Cn1cc(C(N)=O)cc1CNC[C@H]1COCCN1. The second-order valence-electron chi connectivity index (χ2n) is 4.55. The summed E-state index contributed by atoms with van der Waals surface area (Å²) in [7, 11) is 1.91. The topological polar surface area (TPSA) is 81.3 Å². The summed E-state index contributed by atoms with van der Waals surface area (Å²) >= 11 is 0. The molecule has 0 aromatic carbocycles. The van der Waals surface area contributed by atoms with Gasteiger partial charge in [0.25, 0.3) is 0 Å². The summed E-state index contributed by atoms with van der Waals surface area (Å²) in [6, 6.07) is 2.18. The van der Waals surface area contributed by atoms with Crippen molar-refractivity contribution >= 4 is 5.91 Å². The second kappa shape index (κ2) is 5.99. The van der Waals surface area contributed by atoms with E-state index in [1.54, 1.807) is 6.20 Å². The smallest absolute Gasteiger partial charge is 0.250 e. The van der Waals surface area contributed by atoms with E-state index in [0.717, 1.165) is 32.0 Å². The molecule has 2 heterocycles. The number of rotatable bonds is 5. The molecule has 1 aromatic rings. The van der Waals surface area contributed by atoms with Crippen LogP contribution >= 0.6 is 0 Å². The largest absolute Gasteiger partial charge is 0.378 e. The number of hydrogen-bond donors (Lipinski definition) is 3. The quantitative estimate of drug-likeness (QED) is 0.641. The average Bonchev–Trinajstić information content (AvgIpc) is 2.73. The molecule has 1 fully saturated rings. The highest BCUT2D eigenvalue weighted by Crippen LogP contribution is 2.06. The third-order valence-corrected chi connectivity index (χ3v) is 3.09. The number of nitrogens with one attached hydrogen (secondary N) is 2. The lowest BCUT2D eigenvalue weighted by atomic mass is 10.2. The first-order valence-electron chi connectivity index (χ1n) is 6.13. The van der Waals surface area contributed by atoms with Crippen LogP contribution in [0.1, 0.15) is 16.1 Å². The summed E-state index contributed by atoms with van der Waals surface area (Å²) in [5.74, 6) is -0.390. The fourth-order valence-electron chi connectivity index (χ4n) is 2.05. The fourth-order valence-corrected chi connectivity index (χ4v) is 2.05. The van der Waals surface area contributed by atoms with Crippen LogP contribution in [0.5, 0.6) is 0 Å². The van der Waals surface area contributed by atoms with Crippen molar-refractivity contribution < 1.29 is 9.53 Å². The Labute approximate surface area is 106 Å². The van der Waals surface area contributed by atoms with E-state index in [1.165, 1.54) is 0 Å². The Hall–Kier alpha value is -1.37. The minimum absolute atomic E-state index is 0.356. The van der Waals surface area contributed by atoms with Crippen molar-refractivity contribution in [3.8, 4) is 0 Å². The van der Waals surface area contributed by atoms with Gasteiger partial charge in [0.05, 0.1) is 18.8 Å². The van der Waals surface area contributed by atoms with Gasteiger partial charge in [-0.15, -0.1) is 0 Å². The van der Waals surface area contributed by atoms with Gasteiger partial charge in [0.15, 0.2) is 0 Å². The van der Waals surface area contributed by atoms with Crippen LogP contribution in [0.3, 0.4) is 0 Å². The molecule has 18 heavy (non-hydrogen) atoms. The molecule has 1 aromatic heterocycles. The lowest BCUT2D eigenvalue weighted by Gasteiger charge is -2.24. The maximum absolute atomic E-state index is 11.0. The maximum Gasteiger partial charge on any atom is 0.250 e. The highest BCUT2D eigenvalue weighted by molar-refractivity contribution is 5.92. The Balaban J connectivity index is 1.80. The number of aromatic nitrogens is 1. The van der Waals surface area contributed by atoms with Gasteiger partial charge in [-0.1, -0.05) is 0 Å². The molecular weight excluding hydrogens is 232 g/mol. The minimum atomic E-state index is -0.390. The monoisotopic (exact) mass is 252 g/mol. The molecule has 0 radical (unpaired) electrons. The van der Waals surface area contributed by atoms with Crippen LogP contribution in [-0.2, 0) is 18.3 Å². The molecular formula is C12H20N4O2. The molecule has 6 heteroatoms. The van der Waals surface area contributed by atoms with E-state index >= 15 is 0 Å². The molecule has 1 aliphatic heterocycles. The minimum Gasteiger partial charge on any atom is -0.378 e. The maximum atomic E-state index is 11.0. The molecule has 1 atom stereocenters. The van der Waals surface area contributed by atoms with Gasteiger partial charge in [-0.2, -0.15) is 0 Å². The molecule has 0 saturated carbocycles. The van der Waals surface area contributed by atoms with E-state index in [0.29, 0.717) is 18.2 Å². The van der Waals surface area contributed by atoms with Crippen molar-refractivity contribution in [1.29, 1.82) is 0 Å². The molecule has 0 bridgehead atoms. The average molecular weight is 252 g/mol. The van der Waals surface area contributed by atoms with Crippen molar-refractivity contribution in [1.82, 2.24) is 15.2 Å². The van der Waals surface area contributed by atoms with Gasteiger partial charge in [0.1, 0.15) is 0 Å². The molecule has 1 aliphatic rings. The Morgan fingerprint density at radius 3 is 3.17 bits per heavy atom. The van der Waals surface area contributed by atoms with Crippen molar-refractivity contribution in [2.24, 2.45) is 12.8 Å². The number of nitrogens with zero attached hydrogens (tertiary/aromatic N) is 1. The summed E-state index contributed by atoms with van der Waals surface area (Å²) in [5, 5.41) is 6.72. The van der Waals surface area contributed by atoms with Crippen LogP contribution in [-0.4, -0.2) is 42.8 Å². The zero-order valence-corrected chi connectivity index (χ0v) is 10.6. The van der Waals surface area contributed by atoms with Crippen LogP contribution in [0.25, 0.3) is 0 Å². The summed E-state index contributed by atoms with van der Waals surface area (Å²) in [5.41, 5.74) is 6.83. The zero-order valence-electron chi connectivity index (χ0n) is 10.6. The van der Waals surface area contributed by atoms with E-state index in [4.69, 9.17) is 10.5 Å². The van der Waals surface area contributed by atoms with Gasteiger partial charge in [0, 0.05) is 44.6 Å². The number of aryl methyl sites for hydroxylation is 1. The highest BCUT2D eigenvalue weighted by atomic mass is 16.5. The Morgan fingerprint density at radius 1 is 1.72 bits per heavy atom. The van der Waals surface area contributed by atoms with Crippen LogP contribution in [0, 0.1) is 0 Å². The van der Waals surface area contributed by atoms with Crippen molar-refractivity contribution in [3.05, 3.63) is 23.5 Å². The number of morpholine rings is 1. The van der Waals surface area contributed by atoms with Gasteiger partial charge in [-0.3, -0.25) is 4.79 Å². The summed E-state index contributed by atoms with van der Waals surface area (Å²) < 4.78 is 7.29. The van der Waals surface area contributed by atoms with Crippen LogP contribution in [0.15, 0.2) is 12.3 Å². The molecule has 6 nitrogen and oxygen atoms in total. The first-order chi connectivity index (χ1) is 8.66. The first kappa shape index (κ1) is 13.1. The first-order valence-corrected chi connectivity index (χ1v) is 6.13. The van der Waals surface area contributed by atoms with E-state index in [9.17, 15) is 4.79 Å². The molecule has 1 amide bonds. The number of carbonyl (C=O) groups excluding carboxylic acids is 1.